The smallest absolute Gasteiger partial charge is 0.223 e. The molecular weight excluding hydrogens is 374 g/mol. The minimum Gasteiger partial charge on any atom is -0.361 e. The zero-order chi connectivity index (χ0) is 20.7. The number of rotatable bonds is 4. The highest BCUT2D eigenvalue weighted by Gasteiger charge is 2.46. The molecule has 2 fully saturated rings. The van der Waals surface area contributed by atoms with E-state index in [9.17, 15) is 4.79 Å². The first kappa shape index (κ1) is 19.8. The normalized spacial score (nSPS) is 24.6. The molecule has 2 aliphatic heterocycles. The molecule has 3 aliphatic rings. The van der Waals surface area contributed by atoms with Gasteiger partial charge in [0.1, 0.15) is 5.76 Å². The van der Waals surface area contributed by atoms with Crippen molar-refractivity contribution < 1.29 is 9.32 Å². The van der Waals surface area contributed by atoms with Gasteiger partial charge in [-0.1, -0.05) is 23.4 Å². The zero-order valence-corrected chi connectivity index (χ0v) is 18.4. The predicted molar refractivity (Wildman–Crippen MR) is 116 cm³/mol. The van der Waals surface area contributed by atoms with E-state index in [4.69, 9.17) is 4.52 Å². The number of aromatic nitrogens is 1. The van der Waals surface area contributed by atoms with Crippen LogP contribution in [0.2, 0.25) is 0 Å². The van der Waals surface area contributed by atoms with Crippen molar-refractivity contribution in [2.45, 2.75) is 83.8 Å². The van der Waals surface area contributed by atoms with Gasteiger partial charge >= 0.3 is 0 Å². The monoisotopic (exact) mass is 407 g/mol. The van der Waals surface area contributed by atoms with Crippen molar-refractivity contribution in [1.29, 1.82) is 0 Å². The van der Waals surface area contributed by atoms with Crippen molar-refractivity contribution in [3.05, 3.63) is 51.9 Å². The molecule has 1 aromatic heterocycles. The summed E-state index contributed by atoms with van der Waals surface area (Å²) in [6.45, 7) is 7.78. The summed E-state index contributed by atoms with van der Waals surface area (Å²) in [5, 5.41) is 4.10. The fourth-order valence-electron chi connectivity index (χ4n) is 5.91. The number of amides is 1. The lowest BCUT2D eigenvalue weighted by atomic mass is 9.87. The summed E-state index contributed by atoms with van der Waals surface area (Å²) < 4.78 is 5.36. The van der Waals surface area contributed by atoms with Gasteiger partial charge in [-0.25, -0.2) is 0 Å². The highest BCUT2D eigenvalue weighted by atomic mass is 16.5. The summed E-state index contributed by atoms with van der Waals surface area (Å²) in [7, 11) is 0. The number of carbonyl (C=O) groups is 1. The van der Waals surface area contributed by atoms with Gasteiger partial charge < -0.3 is 9.42 Å². The fourth-order valence-corrected chi connectivity index (χ4v) is 5.91. The average Bonchev–Trinajstić information content (AvgIpc) is 3.36. The Bertz CT molecular complexity index is 930. The van der Waals surface area contributed by atoms with E-state index >= 15 is 0 Å². The van der Waals surface area contributed by atoms with Crippen molar-refractivity contribution in [3.8, 4) is 0 Å². The maximum Gasteiger partial charge on any atom is 0.223 e. The van der Waals surface area contributed by atoms with Crippen LogP contribution in [0.4, 0.5) is 0 Å². The summed E-state index contributed by atoms with van der Waals surface area (Å²) in [5.74, 6) is 1.14. The van der Waals surface area contributed by atoms with Gasteiger partial charge in [0.15, 0.2) is 0 Å². The summed E-state index contributed by atoms with van der Waals surface area (Å²) in [6, 6.07) is 7.11. The van der Waals surface area contributed by atoms with Crippen LogP contribution in [0.5, 0.6) is 0 Å². The molecule has 1 atom stereocenters. The van der Waals surface area contributed by atoms with Crippen LogP contribution in [0.15, 0.2) is 22.7 Å². The van der Waals surface area contributed by atoms with Crippen LogP contribution in [0.3, 0.4) is 0 Å². The average molecular weight is 408 g/mol. The van der Waals surface area contributed by atoms with Gasteiger partial charge in [0.2, 0.25) is 5.91 Å². The number of carbonyl (C=O) groups excluding carboxylic acids is 1. The molecule has 160 valence electrons. The molecule has 0 unspecified atom stereocenters. The molecular formula is C25H33N3O2. The van der Waals surface area contributed by atoms with Crippen LogP contribution in [0.25, 0.3) is 0 Å². The quantitative estimate of drug-likeness (QED) is 0.757. The van der Waals surface area contributed by atoms with Crippen LogP contribution >= 0.6 is 0 Å². The molecule has 1 amide bonds. The standard InChI is InChI=1S/C25H33N3O2/c1-18-23(19(2)30-26-18)17-28-24(29)9-11-25(28)10-4-13-27(14-12-25)16-20-7-8-21-5-3-6-22(21)15-20/h7-8,15H,3-6,9-14,16-17H2,1-2H3/t25-/m1/s1. The largest absolute Gasteiger partial charge is 0.361 e. The van der Waals surface area contributed by atoms with E-state index in [2.05, 4.69) is 33.2 Å². The molecule has 2 saturated heterocycles. The van der Waals surface area contributed by atoms with Crippen molar-refractivity contribution >= 4 is 5.91 Å². The van der Waals surface area contributed by atoms with Crippen molar-refractivity contribution in [2.75, 3.05) is 13.1 Å². The number of fused-ring (bicyclic) bond motifs is 1. The predicted octanol–water partition coefficient (Wildman–Crippen LogP) is 4.33. The van der Waals surface area contributed by atoms with Gasteiger partial charge in [0.25, 0.3) is 0 Å². The lowest BCUT2D eigenvalue weighted by molar-refractivity contribution is -0.132. The van der Waals surface area contributed by atoms with E-state index in [0.717, 1.165) is 62.3 Å². The summed E-state index contributed by atoms with van der Waals surface area (Å²) >= 11 is 0. The molecule has 2 aromatic rings. The molecule has 5 nitrogen and oxygen atoms in total. The molecule has 0 N–H and O–H groups in total. The number of hydrogen-bond donors (Lipinski definition) is 0. The Morgan fingerprint density at radius 2 is 1.87 bits per heavy atom. The summed E-state index contributed by atoms with van der Waals surface area (Å²) in [6.07, 6.45) is 8.77. The van der Waals surface area contributed by atoms with Crippen LogP contribution in [0.1, 0.15) is 72.2 Å². The first-order valence-electron chi connectivity index (χ1n) is 11.6. The first-order chi connectivity index (χ1) is 14.5. The molecule has 1 aliphatic carbocycles. The van der Waals surface area contributed by atoms with E-state index in [1.807, 2.05) is 13.8 Å². The van der Waals surface area contributed by atoms with Crippen molar-refractivity contribution in [1.82, 2.24) is 15.0 Å². The number of aryl methyl sites for hydroxylation is 4. The minimum absolute atomic E-state index is 0.0000811. The SMILES string of the molecule is Cc1noc(C)c1CN1C(=O)CC[C@@]12CCCN(Cc1ccc3c(c1)CCC3)CC2. The summed E-state index contributed by atoms with van der Waals surface area (Å²) in [5.41, 5.74) is 6.55. The zero-order valence-electron chi connectivity index (χ0n) is 18.4. The van der Waals surface area contributed by atoms with Crippen LogP contribution < -0.4 is 0 Å². The number of hydrogen-bond acceptors (Lipinski definition) is 4. The fraction of sp³-hybridized carbons (Fsp3) is 0.600. The van der Waals surface area contributed by atoms with Gasteiger partial charge in [-0.15, -0.1) is 0 Å². The number of benzene rings is 1. The highest BCUT2D eigenvalue weighted by molar-refractivity contribution is 5.79. The maximum absolute atomic E-state index is 12.9. The molecule has 1 aromatic carbocycles. The lowest BCUT2D eigenvalue weighted by Gasteiger charge is -2.38. The van der Waals surface area contributed by atoms with Gasteiger partial charge in [-0.3, -0.25) is 9.69 Å². The van der Waals surface area contributed by atoms with E-state index in [-0.39, 0.29) is 5.54 Å². The molecule has 1 spiro atoms. The Kier molecular flexibility index (Phi) is 5.18. The van der Waals surface area contributed by atoms with Gasteiger partial charge in [-0.05, 0) is 82.0 Å². The number of likely N-dealkylation sites (tertiary alicyclic amines) is 2. The van der Waals surface area contributed by atoms with E-state index in [1.165, 1.54) is 24.8 Å². The minimum atomic E-state index is -0.0000811. The third-order valence-electron chi connectivity index (χ3n) is 7.75. The van der Waals surface area contributed by atoms with Gasteiger partial charge in [0.05, 0.1) is 12.2 Å². The highest BCUT2D eigenvalue weighted by Crippen LogP contribution is 2.41. The van der Waals surface area contributed by atoms with Crippen molar-refractivity contribution in [3.63, 3.8) is 0 Å². The first-order valence-corrected chi connectivity index (χ1v) is 11.6. The van der Waals surface area contributed by atoms with Crippen LogP contribution in [-0.2, 0) is 30.7 Å². The third-order valence-corrected chi connectivity index (χ3v) is 7.75. The molecule has 0 radical (unpaired) electrons. The molecule has 0 bridgehead atoms. The van der Waals surface area contributed by atoms with Gasteiger partial charge in [0, 0.05) is 30.6 Å². The van der Waals surface area contributed by atoms with E-state index in [1.54, 1.807) is 11.1 Å². The van der Waals surface area contributed by atoms with Gasteiger partial charge in [-0.2, -0.15) is 0 Å². The van der Waals surface area contributed by atoms with E-state index in [0.29, 0.717) is 18.9 Å². The maximum atomic E-state index is 12.9. The van der Waals surface area contributed by atoms with E-state index < -0.39 is 0 Å². The second-order valence-electron chi connectivity index (χ2n) is 9.59. The molecule has 30 heavy (non-hydrogen) atoms. The summed E-state index contributed by atoms with van der Waals surface area (Å²) in [4.78, 5) is 17.6. The molecule has 5 heteroatoms. The second kappa shape index (κ2) is 7.84. The van der Waals surface area contributed by atoms with Crippen LogP contribution in [0, 0.1) is 13.8 Å². The molecule has 0 saturated carbocycles. The van der Waals surface area contributed by atoms with Crippen LogP contribution in [-0.4, -0.2) is 39.5 Å². The topological polar surface area (TPSA) is 49.6 Å². The Morgan fingerprint density at radius 3 is 2.70 bits per heavy atom. The number of nitrogens with zero attached hydrogens (tertiary/aromatic N) is 3. The Morgan fingerprint density at radius 1 is 1.00 bits per heavy atom. The Hall–Kier alpha value is -2.14. The molecule has 5 rings (SSSR count). The third kappa shape index (κ3) is 3.58. The molecule has 3 heterocycles. The lowest BCUT2D eigenvalue weighted by Crippen LogP contribution is -2.46. The Balaban J connectivity index is 1.29. The second-order valence-corrected chi connectivity index (χ2v) is 9.59. The Labute approximate surface area is 179 Å². The van der Waals surface area contributed by atoms with Crippen molar-refractivity contribution in [2.24, 2.45) is 0 Å².